The van der Waals surface area contributed by atoms with E-state index < -0.39 is 16.5 Å². The third-order valence-electron chi connectivity index (χ3n) is 5.27. The van der Waals surface area contributed by atoms with Gasteiger partial charge in [-0.1, -0.05) is 6.42 Å². The summed E-state index contributed by atoms with van der Waals surface area (Å²) in [5.41, 5.74) is 9.70. The minimum atomic E-state index is -1.13. The first kappa shape index (κ1) is 18.2. The van der Waals surface area contributed by atoms with Crippen LogP contribution in [0.2, 0.25) is 0 Å². The Hall–Kier alpha value is -2.85. The van der Waals surface area contributed by atoms with Crippen LogP contribution in [0.15, 0.2) is 39.7 Å². The zero-order chi connectivity index (χ0) is 20.1. The van der Waals surface area contributed by atoms with E-state index in [2.05, 4.69) is 15.1 Å². The van der Waals surface area contributed by atoms with E-state index in [1.54, 1.807) is 17.1 Å². The molecule has 0 bridgehead atoms. The van der Waals surface area contributed by atoms with Crippen molar-refractivity contribution in [2.24, 2.45) is 7.05 Å². The van der Waals surface area contributed by atoms with Crippen LogP contribution >= 0.6 is 11.3 Å². The fraction of sp³-hybridized carbons (Fsp3) is 0.263. The number of anilines is 1. The molecule has 1 saturated carbocycles. The van der Waals surface area contributed by atoms with E-state index in [9.17, 15) is 9.00 Å². The fourth-order valence-electron chi connectivity index (χ4n) is 3.46. The van der Waals surface area contributed by atoms with Gasteiger partial charge in [-0.25, -0.2) is 14.8 Å². The summed E-state index contributed by atoms with van der Waals surface area (Å²) in [6.45, 7) is 0. The van der Waals surface area contributed by atoms with Crippen LogP contribution in [-0.4, -0.2) is 34.2 Å². The number of aryl methyl sites for hydroxylation is 1. The van der Waals surface area contributed by atoms with E-state index >= 15 is 0 Å². The Kier molecular flexibility index (Phi) is 4.32. The molecule has 0 amide bonds. The molecular formula is C19H18N6O2S2. The topological polar surface area (TPSA) is 120 Å². The van der Waals surface area contributed by atoms with Crippen molar-refractivity contribution in [3.05, 3.63) is 41.2 Å². The lowest BCUT2D eigenvalue weighted by Crippen LogP contribution is -2.23. The monoisotopic (exact) mass is 426 g/mol. The quantitative estimate of drug-likeness (QED) is 0.518. The number of thiophene rings is 1. The molecule has 148 valence electrons. The Labute approximate surface area is 172 Å². The number of nitrogen functional groups attached to an aromatic ring is 1. The molecule has 10 heteroatoms. The van der Waals surface area contributed by atoms with Crippen LogP contribution in [0.3, 0.4) is 0 Å². The van der Waals surface area contributed by atoms with Gasteiger partial charge in [-0.15, -0.1) is 11.3 Å². The van der Waals surface area contributed by atoms with Crippen LogP contribution in [0.1, 0.15) is 19.3 Å². The molecule has 4 heterocycles. The average Bonchev–Trinajstić information content (AvgIpc) is 3.23. The summed E-state index contributed by atoms with van der Waals surface area (Å²) in [5, 5.41) is 5.24. The highest BCUT2D eigenvalue weighted by atomic mass is 32.2. The highest BCUT2D eigenvalue weighted by molar-refractivity contribution is 7.88. The largest absolute Gasteiger partial charge is 0.396 e. The Morgan fingerprint density at radius 2 is 2.21 bits per heavy atom. The number of H-pyrrole nitrogens is 1. The van der Waals surface area contributed by atoms with Crippen molar-refractivity contribution in [2.45, 2.75) is 28.7 Å². The Morgan fingerprint density at radius 3 is 2.83 bits per heavy atom. The second kappa shape index (κ2) is 6.89. The number of hydrogen-bond donors (Lipinski definition) is 2. The summed E-state index contributed by atoms with van der Waals surface area (Å²) in [6, 6.07) is 3.82. The van der Waals surface area contributed by atoms with Gasteiger partial charge in [-0.2, -0.15) is 5.10 Å². The van der Waals surface area contributed by atoms with E-state index in [0.717, 1.165) is 35.9 Å². The molecule has 0 spiro atoms. The lowest BCUT2D eigenvalue weighted by Gasteiger charge is -2.23. The number of nitrogens with two attached hydrogens (primary N) is 1. The van der Waals surface area contributed by atoms with Gasteiger partial charge in [0.25, 0.3) is 0 Å². The SMILES string of the molecule is Cn1nccc1-c1cc(-c2cnc(=O)[nH]c2)nc2sc([S@](=O)C3CCC3)c(N)c12. The zero-order valence-corrected chi connectivity index (χ0v) is 17.2. The number of rotatable bonds is 4. The molecule has 1 atom stereocenters. The van der Waals surface area contributed by atoms with Crippen molar-refractivity contribution in [1.29, 1.82) is 0 Å². The van der Waals surface area contributed by atoms with Crippen molar-refractivity contribution in [3.63, 3.8) is 0 Å². The maximum absolute atomic E-state index is 13.0. The van der Waals surface area contributed by atoms with Gasteiger partial charge in [0.15, 0.2) is 0 Å². The molecule has 0 aliphatic heterocycles. The van der Waals surface area contributed by atoms with Gasteiger partial charge in [-0.05, 0) is 25.0 Å². The van der Waals surface area contributed by atoms with Crippen LogP contribution in [-0.2, 0) is 17.8 Å². The number of nitrogens with one attached hydrogen (secondary N) is 1. The molecule has 0 aromatic carbocycles. The number of nitrogens with zero attached hydrogens (tertiary/aromatic N) is 4. The molecule has 1 fully saturated rings. The molecule has 4 aromatic rings. The summed E-state index contributed by atoms with van der Waals surface area (Å²) < 4.78 is 15.5. The van der Waals surface area contributed by atoms with Crippen molar-refractivity contribution >= 4 is 38.0 Å². The highest BCUT2D eigenvalue weighted by Crippen LogP contribution is 2.44. The molecule has 1 aliphatic rings. The van der Waals surface area contributed by atoms with E-state index in [1.807, 2.05) is 19.2 Å². The lowest BCUT2D eigenvalue weighted by molar-refractivity contribution is 0.505. The Morgan fingerprint density at radius 1 is 1.38 bits per heavy atom. The number of hydrogen-bond acceptors (Lipinski definition) is 7. The molecule has 0 unspecified atom stereocenters. The Balaban J connectivity index is 1.77. The second-order valence-corrected chi connectivity index (χ2v) is 9.96. The number of aromatic amines is 1. The van der Waals surface area contributed by atoms with Crippen molar-refractivity contribution in [3.8, 4) is 22.5 Å². The van der Waals surface area contributed by atoms with Crippen LogP contribution < -0.4 is 11.4 Å². The molecule has 1 aliphatic carbocycles. The van der Waals surface area contributed by atoms with Crippen molar-refractivity contribution in [2.75, 3.05) is 5.73 Å². The maximum Gasteiger partial charge on any atom is 0.344 e. The molecule has 4 aromatic heterocycles. The fourth-order valence-corrected chi connectivity index (χ4v) is 6.67. The summed E-state index contributed by atoms with van der Waals surface area (Å²) >= 11 is 1.38. The summed E-state index contributed by atoms with van der Waals surface area (Å²) in [5.74, 6) is 0. The van der Waals surface area contributed by atoms with E-state index in [4.69, 9.17) is 10.7 Å². The predicted octanol–water partition coefficient (Wildman–Crippen LogP) is 2.69. The standard InChI is InChI=1S/C19H18N6O2S2/c1-25-14(5-6-23-25)12-7-13(10-8-21-19(26)22-9-10)24-17-15(12)16(20)18(28-17)29(27)11-3-2-4-11/h5-9,11H,2-4,20H2,1H3,(H,21,22,26)/t29-/m1/s1. The van der Waals surface area contributed by atoms with Gasteiger partial charge in [0, 0.05) is 47.4 Å². The maximum atomic E-state index is 13.0. The number of pyridine rings is 1. The molecule has 8 nitrogen and oxygen atoms in total. The highest BCUT2D eigenvalue weighted by Gasteiger charge is 2.29. The molecule has 0 radical (unpaired) electrons. The molecule has 5 rings (SSSR count). The Bertz CT molecular complexity index is 1300. The molecule has 3 N–H and O–H groups in total. The minimum Gasteiger partial charge on any atom is -0.396 e. The van der Waals surface area contributed by atoms with Gasteiger partial charge in [0.1, 0.15) is 9.04 Å². The first-order chi connectivity index (χ1) is 14.0. The van der Waals surface area contributed by atoms with E-state index in [1.165, 1.54) is 17.5 Å². The summed E-state index contributed by atoms with van der Waals surface area (Å²) in [4.78, 5) is 23.2. The molecular weight excluding hydrogens is 408 g/mol. The normalized spacial score (nSPS) is 15.5. The van der Waals surface area contributed by atoms with Crippen LogP contribution in [0.25, 0.3) is 32.7 Å². The van der Waals surface area contributed by atoms with Gasteiger partial charge in [-0.3, -0.25) is 8.89 Å². The van der Waals surface area contributed by atoms with Crippen LogP contribution in [0, 0.1) is 0 Å². The molecule has 29 heavy (non-hydrogen) atoms. The van der Waals surface area contributed by atoms with Crippen LogP contribution in [0.5, 0.6) is 0 Å². The van der Waals surface area contributed by atoms with Gasteiger partial charge in [0.2, 0.25) is 0 Å². The van der Waals surface area contributed by atoms with Gasteiger partial charge >= 0.3 is 5.69 Å². The van der Waals surface area contributed by atoms with Crippen molar-refractivity contribution < 1.29 is 4.21 Å². The van der Waals surface area contributed by atoms with Crippen LogP contribution in [0.4, 0.5) is 5.69 Å². The first-order valence-electron chi connectivity index (χ1n) is 9.20. The lowest BCUT2D eigenvalue weighted by atomic mass is 10.0. The smallest absolute Gasteiger partial charge is 0.344 e. The third kappa shape index (κ3) is 2.99. The predicted molar refractivity (Wildman–Crippen MR) is 114 cm³/mol. The van der Waals surface area contributed by atoms with Gasteiger partial charge < -0.3 is 10.7 Å². The minimum absolute atomic E-state index is 0.174. The average molecular weight is 427 g/mol. The van der Waals surface area contributed by atoms with Crippen molar-refractivity contribution in [1.82, 2.24) is 24.7 Å². The van der Waals surface area contributed by atoms with E-state index in [-0.39, 0.29) is 5.25 Å². The van der Waals surface area contributed by atoms with E-state index in [0.29, 0.717) is 26.0 Å². The number of aromatic nitrogens is 5. The first-order valence-corrected chi connectivity index (χ1v) is 11.2. The zero-order valence-electron chi connectivity index (χ0n) is 15.6. The molecule has 0 saturated heterocycles. The van der Waals surface area contributed by atoms with Gasteiger partial charge in [0.05, 0.1) is 27.9 Å². The summed E-state index contributed by atoms with van der Waals surface area (Å²) in [7, 11) is 0.731. The number of fused-ring (bicyclic) bond motifs is 1. The third-order valence-corrected chi connectivity index (χ3v) is 8.57. The summed E-state index contributed by atoms with van der Waals surface area (Å²) in [6.07, 6.45) is 7.85. The second-order valence-electron chi connectivity index (χ2n) is 7.04.